The van der Waals surface area contributed by atoms with Crippen molar-refractivity contribution in [1.29, 1.82) is 0 Å². The summed E-state index contributed by atoms with van der Waals surface area (Å²) in [6, 6.07) is 12.1. The number of anilines is 1. The Kier molecular flexibility index (Phi) is 4.13. The number of phenolic OH excluding ortho intramolecular Hbond substituents is 2. The molecule has 0 spiro atoms. The van der Waals surface area contributed by atoms with Gasteiger partial charge >= 0.3 is 0 Å². The number of phenols is 2. The molecule has 0 aromatic heterocycles. The predicted molar refractivity (Wildman–Crippen MR) is 74.7 cm³/mol. The van der Waals surface area contributed by atoms with Crippen LogP contribution < -0.4 is 10.1 Å². The number of benzene rings is 2. The average molecular weight is 259 g/mol. The Labute approximate surface area is 112 Å². The van der Waals surface area contributed by atoms with Crippen LogP contribution in [0.2, 0.25) is 0 Å². The summed E-state index contributed by atoms with van der Waals surface area (Å²) in [5, 5.41) is 22.0. The minimum Gasteiger partial charge on any atom is -0.508 e. The van der Waals surface area contributed by atoms with Gasteiger partial charge in [-0.1, -0.05) is 6.07 Å². The largest absolute Gasteiger partial charge is 0.508 e. The highest BCUT2D eigenvalue weighted by Crippen LogP contribution is 2.27. The summed E-state index contributed by atoms with van der Waals surface area (Å²) in [6.07, 6.45) is 0. The van der Waals surface area contributed by atoms with Gasteiger partial charge in [0, 0.05) is 12.2 Å². The van der Waals surface area contributed by atoms with Crippen LogP contribution in [0.5, 0.6) is 17.2 Å². The molecule has 3 N–H and O–H groups in total. The quantitative estimate of drug-likeness (QED) is 0.722. The van der Waals surface area contributed by atoms with Crippen LogP contribution in [0.25, 0.3) is 0 Å². The van der Waals surface area contributed by atoms with Crippen molar-refractivity contribution in [1.82, 2.24) is 0 Å². The minimum atomic E-state index is 0.148. The lowest BCUT2D eigenvalue weighted by Gasteiger charge is -2.10. The lowest BCUT2D eigenvalue weighted by atomic mass is 10.2. The van der Waals surface area contributed by atoms with Crippen molar-refractivity contribution >= 4 is 5.69 Å². The third-order valence-corrected chi connectivity index (χ3v) is 2.69. The Hall–Kier alpha value is -2.36. The highest BCUT2D eigenvalue weighted by molar-refractivity contribution is 5.48. The van der Waals surface area contributed by atoms with Crippen molar-refractivity contribution < 1.29 is 14.9 Å². The minimum absolute atomic E-state index is 0.148. The van der Waals surface area contributed by atoms with E-state index in [1.807, 2.05) is 19.1 Å². The molecule has 0 radical (unpaired) electrons. The van der Waals surface area contributed by atoms with Gasteiger partial charge in [-0.15, -0.1) is 0 Å². The number of nitrogens with one attached hydrogen (secondary N) is 1. The van der Waals surface area contributed by atoms with E-state index in [1.165, 1.54) is 0 Å². The summed E-state index contributed by atoms with van der Waals surface area (Å²) in [7, 11) is 0. The van der Waals surface area contributed by atoms with Crippen molar-refractivity contribution in [2.24, 2.45) is 0 Å². The van der Waals surface area contributed by atoms with E-state index in [-0.39, 0.29) is 11.5 Å². The van der Waals surface area contributed by atoms with E-state index < -0.39 is 0 Å². The maximum absolute atomic E-state index is 9.61. The van der Waals surface area contributed by atoms with Gasteiger partial charge in [-0.3, -0.25) is 0 Å². The number of aromatic hydroxyl groups is 2. The Morgan fingerprint density at radius 2 is 1.79 bits per heavy atom. The molecule has 2 rings (SSSR count). The second kappa shape index (κ2) is 6.00. The molecule has 0 aliphatic rings. The van der Waals surface area contributed by atoms with E-state index in [4.69, 9.17) is 4.74 Å². The Morgan fingerprint density at radius 1 is 1.05 bits per heavy atom. The second-order valence-electron chi connectivity index (χ2n) is 4.14. The van der Waals surface area contributed by atoms with E-state index in [0.717, 1.165) is 11.3 Å². The first-order valence-electron chi connectivity index (χ1n) is 6.16. The number of hydrogen-bond acceptors (Lipinski definition) is 4. The van der Waals surface area contributed by atoms with Gasteiger partial charge in [-0.05, 0) is 48.9 Å². The summed E-state index contributed by atoms with van der Waals surface area (Å²) in [5.41, 5.74) is 1.93. The predicted octanol–water partition coefficient (Wildman–Crippen LogP) is 3.11. The summed E-state index contributed by atoms with van der Waals surface area (Å²) >= 11 is 0. The first-order chi connectivity index (χ1) is 9.19. The second-order valence-corrected chi connectivity index (χ2v) is 4.14. The molecule has 0 heterocycles. The molecule has 0 aliphatic heterocycles. The first-order valence-corrected chi connectivity index (χ1v) is 6.16. The molecule has 0 aliphatic carbocycles. The van der Waals surface area contributed by atoms with Crippen molar-refractivity contribution in [3.8, 4) is 17.2 Å². The maximum Gasteiger partial charge on any atom is 0.161 e. The Morgan fingerprint density at radius 3 is 2.47 bits per heavy atom. The van der Waals surface area contributed by atoms with Crippen molar-refractivity contribution in [2.45, 2.75) is 13.5 Å². The van der Waals surface area contributed by atoms with Crippen LogP contribution in [0.4, 0.5) is 5.69 Å². The van der Waals surface area contributed by atoms with E-state index in [9.17, 15) is 10.2 Å². The fourth-order valence-corrected chi connectivity index (χ4v) is 1.72. The smallest absolute Gasteiger partial charge is 0.161 e. The molecule has 100 valence electrons. The molecule has 0 unspecified atom stereocenters. The molecule has 0 amide bonds. The molecule has 4 nitrogen and oxygen atoms in total. The van der Waals surface area contributed by atoms with Gasteiger partial charge in [0.05, 0.1) is 6.61 Å². The molecular formula is C15H17NO3. The van der Waals surface area contributed by atoms with Gasteiger partial charge in [0.25, 0.3) is 0 Å². The topological polar surface area (TPSA) is 61.7 Å². The molecule has 0 saturated heterocycles. The number of hydrogen-bond donors (Lipinski definition) is 3. The monoisotopic (exact) mass is 259 g/mol. The van der Waals surface area contributed by atoms with Crippen LogP contribution in [0, 0.1) is 0 Å². The van der Waals surface area contributed by atoms with E-state index in [0.29, 0.717) is 18.9 Å². The van der Waals surface area contributed by atoms with Crippen LogP contribution in [0.15, 0.2) is 42.5 Å². The zero-order chi connectivity index (χ0) is 13.7. The van der Waals surface area contributed by atoms with Crippen LogP contribution in [0.1, 0.15) is 12.5 Å². The number of ether oxygens (including phenoxy) is 1. The molecule has 0 fully saturated rings. The summed E-state index contributed by atoms with van der Waals surface area (Å²) in [6.45, 7) is 3.01. The highest BCUT2D eigenvalue weighted by atomic mass is 16.5. The third kappa shape index (κ3) is 3.55. The van der Waals surface area contributed by atoms with Crippen LogP contribution in [-0.2, 0) is 6.54 Å². The maximum atomic E-state index is 9.61. The van der Waals surface area contributed by atoms with E-state index >= 15 is 0 Å². The van der Waals surface area contributed by atoms with Gasteiger partial charge in [0.1, 0.15) is 5.75 Å². The molecule has 2 aromatic rings. The van der Waals surface area contributed by atoms with E-state index in [2.05, 4.69) is 5.32 Å². The van der Waals surface area contributed by atoms with Crippen LogP contribution in [0.3, 0.4) is 0 Å². The Bertz CT molecular complexity index is 538. The van der Waals surface area contributed by atoms with Gasteiger partial charge in [0.15, 0.2) is 11.5 Å². The number of rotatable bonds is 5. The SMILES string of the molecule is CCOc1cc(CNc2ccc(O)cc2)ccc1O. The van der Waals surface area contributed by atoms with Crippen molar-refractivity contribution in [3.05, 3.63) is 48.0 Å². The lowest BCUT2D eigenvalue weighted by molar-refractivity contribution is 0.318. The molecular weight excluding hydrogens is 242 g/mol. The van der Waals surface area contributed by atoms with Gasteiger partial charge in [-0.25, -0.2) is 0 Å². The standard InChI is InChI=1S/C15H17NO3/c1-2-19-15-9-11(3-8-14(15)18)10-16-12-4-6-13(17)7-5-12/h3-9,16-18H,2,10H2,1H3. The van der Waals surface area contributed by atoms with Gasteiger partial charge in [-0.2, -0.15) is 0 Å². The molecule has 0 bridgehead atoms. The third-order valence-electron chi connectivity index (χ3n) is 2.69. The Balaban J connectivity index is 2.03. The van der Waals surface area contributed by atoms with Crippen molar-refractivity contribution in [3.63, 3.8) is 0 Å². The first kappa shape index (κ1) is 13.1. The summed E-state index contributed by atoms with van der Waals surface area (Å²) in [4.78, 5) is 0. The van der Waals surface area contributed by atoms with Crippen LogP contribution in [-0.4, -0.2) is 16.8 Å². The normalized spacial score (nSPS) is 10.2. The van der Waals surface area contributed by atoms with Gasteiger partial charge < -0.3 is 20.3 Å². The highest BCUT2D eigenvalue weighted by Gasteiger charge is 2.03. The zero-order valence-electron chi connectivity index (χ0n) is 10.8. The van der Waals surface area contributed by atoms with Crippen molar-refractivity contribution in [2.75, 3.05) is 11.9 Å². The fourth-order valence-electron chi connectivity index (χ4n) is 1.72. The molecule has 2 aromatic carbocycles. The zero-order valence-corrected chi connectivity index (χ0v) is 10.8. The molecule has 0 saturated carbocycles. The van der Waals surface area contributed by atoms with E-state index in [1.54, 1.807) is 30.3 Å². The average Bonchev–Trinajstić information content (AvgIpc) is 2.42. The molecule has 19 heavy (non-hydrogen) atoms. The summed E-state index contributed by atoms with van der Waals surface area (Å²) < 4.78 is 5.33. The van der Waals surface area contributed by atoms with Gasteiger partial charge in [0.2, 0.25) is 0 Å². The molecule has 0 atom stereocenters. The fraction of sp³-hybridized carbons (Fsp3) is 0.200. The van der Waals surface area contributed by atoms with Crippen LogP contribution >= 0.6 is 0 Å². The molecule has 4 heteroatoms. The lowest BCUT2D eigenvalue weighted by Crippen LogP contribution is -2.00. The summed E-state index contributed by atoms with van der Waals surface area (Å²) in [5.74, 6) is 0.886.